The molecule has 2 aromatic rings. The molecule has 2 rings (SSSR count). The first-order valence-electron chi connectivity index (χ1n) is 6.35. The monoisotopic (exact) mass is 331 g/mol. The van der Waals surface area contributed by atoms with Crippen molar-refractivity contribution in [3.8, 4) is 0 Å². The van der Waals surface area contributed by atoms with Gasteiger partial charge in [0.05, 0.1) is 27.1 Å². The van der Waals surface area contributed by atoms with Gasteiger partial charge in [-0.25, -0.2) is 0 Å². The van der Waals surface area contributed by atoms with Crippen LogP contribution in [-0.2, 0) is 0 Å². The molecule has 122 valence electrons. The van der Waals surface area contributed by atoms with E-state index in [1.807, 2.05) is 0 Å². The highest BCUT2D eigenvalue weighted by atomic mass is 16.6. The van der Waals surface area contributed by atoms with Crippen LogP contribution in [0.1, 0.15) is 5.56 Å². The van der Waals surface area contributed by atoms with Crippen molar-refractivity contribution in [2.75, 3.05) is 5.43 Å². The van der Waals surface area contributed by atoms with Crippen LogP contribution in [0.25, 0.3) is 0 Å². The number of nitro benzene ring substituents is 3. The lowest BCUT2D eigenvalue weighted by Gasteiger charge is -2.02. The highest BCUT2D eigenvalue weighted by Gasteiger charge is 2.19. The number of nitrogens with one attached hydrogen (secondary N) is 1. The standard InChI is InChI=1S/C13H9N5O6/c19-16(20)10-3-1-2-9(6-10)8-14-15-12-5-4-11(17(21)22)7-13(12)18(23)24/h1-8,15H. The predicted molar refractivity (Wildman–Crippen MR) is 84.1 cm³/mol. The van der Waals surface area contributed by atoms with Gasteiger partial charge >= 0.3 is 5.69 Å². The smallest absolute Gasteiger partial charge is 0.272 e. The minimum Gasteiger partial charge on any atom is -0.272 e. The average molecular weight is 331 g/mol. The second-order valence-corrected chi connectivity index (χ2v) is 4.44. The maximum absolute atomic E-state index is 11.0. The SMILES string of the molecule is O=[N+]([O-])c1cccc(C=NNc2ccc([N+](=O)[O-])cc2[N+](=O)[O-])c1. The Morgan fingerprint density at radius 2 is 1.54 bits per heavy atom. The Morgan fingerprint density at radius 1 is 0.875 bits per heavy atom. The highest BCUT2D eigenvalue weighted by molar-refractivity contribution is 5.81. The number of non-ortho nitro benzene ring substituents is 2. The summed E-state index contributed by atoms with van der Waals surface area (Å²) in [5.74, 6) is 0. The molecule has 0 fully saturated rings. The van der Waals surface area contributed by atoms with Crippen LogP contribution in [0.4, 0.5) is 22.7 Å². The summed E-state index contributed by atoms with van der Waals surface area (Å²) in [4.78, 5) is 30.2. The van der Waals surface area contributed by atoms with Crippen LogP contribution < -0.4 is 5.43 Å². The summed E-state index contributed by atoms with van der Waals surface area (Å²) >= 11 is 0. The van der Waals surface area contributed by atoms with Crippen LogP contribution in [0.15, 0.2) is 47.6 Å². The van der Waals surface area contributed by atoms with E-state index in [1.165, 1.54) is 24.4 Å². The van der Waals surface area contributed by atoms with E-state index in [2.05, 4.69) is 10.5 Å². The summed E-state index contributed by atoms with van der Waals surface area (Å²) in [5, 5.41) is 36.0. The molecule has 0 amide bonds. The van der Waals surface area contributed by atoms with Crippen LogP contribution in [0.2, 0.25) is 0 Å². The topological polar surface area (TPSA) is 154 Å². The zero-order chi connectivity index (χ0) is 17.7. The fourth-order valence-electron chi connectivity index (χ4n) is 1.77. The normalized spacial score (nSPS) is 10.5. The fourth-order valence-corrected chi connectivity index (χ4v) is 1.77. The molecule has 24 heavy (non-hydrogen) atoms. The minimum absolute atomic E-state index is 0.0488. The predicted octanol–water partition coefficient (Wildman–Crippen LogP) is 2.86. The van der Waals surface area contributed by atoms with Gasteiger partial charge < -0.3 is 0 Å². The average Bonchev–Trinajstić information content (AvgIpc) is 2.55. The number of rotatable bonds is 6. The van der Waals surface area contributed by atoms with E-state index in [0.717, 1.165) is 18.2 Å². The van der Waals surface area contributed by atoms with E-state index in [9.17, 15) is 30.3 Å². The lowest BCUT2D eigenvalue weighted by molar-refractivity contribution is -0.393. The Labute approximate surface area is 133 Å². The van der Waals surface area contributed by atoms with Crippen LogP contribution in [0.3, 0.4) is 0 Å². The molecular formula is C13H9N5O6. The maximum atomic E-state index is 11.0. The number of hydrazone groups is 1. The molecule has 1 N–H and O–H groups in total. The second kappa shape index (κ2) is 6.91. The summed E-state index contributed by atoms with van der Waals surface area (Å²) < 4.78 is 0. The molecule has 0 spiro atoms. The summed E-state index contributed by atoms with van der Waals surface area (Å²) in [5.41, 5.74) is 1.69. The van der Waals surface area contributed by atoms with Gasteiger partial charge in [0.1, 0.15) is 5.69 Å². The first-order valence-corrected chi connectivity index (χ1v) is 6.35. The molecule has 0 atom stereocenters. The fraction of sp³-hybridized carbons (Fsp3) is 0. The van der Waals surface area contributed by atoms with Crippen molar-refractivity contribution in [3.63, 3.8) is 0 Å². The van der Waals surface area contributed by atoms with Gasteiger partial charge in [0.25, 0.3) is 11.4 Å². The van der Waals surface area contributed by atoms with E-state index in [1.54, 1.807) is 6.07 Å². The molecule has 0 saturated carbocycles. The lowest BCUT2D eigenvalue weighted by atomic mass is 10.2. The molecule has 2 aromatic carbocycles. The van der Waals surface area contributed by atoms with E-state index >= 15 is 0 Å². The van der Waals surface area contributed by atoms with Gasteiger partial charge in [-0.1, -0.05) is 12.1 Å². The van der Waals surface area contributed by atoms with Crippen molar-refractivity contribution < 1.29 is 14.8 Å². The number of nitrogens with zero attached hydrogens (tertiary/aromatic N) is 4. The summed E-state index contributed by atoms with van der Waals surface area (Å²) in [6, 6.07) is 8.67. The third-order valence-corrected chi connectivity index (χ3v) is 2.87. The van der Waals surface area contributed by atoms with Gasteiger partial charge in [0.15, 0.2) is 0 Å². The van der Waals surface area contributed by atoms with Crippen molar-refractivity contribution in [2.24, 2.45) is 5.10 Å². The lowest BCUT2D eigenvalue weighted by Crippen LogP contribution is -1.99. The Bertz CT molecular complexity index is 850. The Kier molecular flexibility index (Phi) is 4.75. The number of anilines is 1. The van der Waals surface area contributed by atoms with Gasteiger partial charge in [-0.3, -0.25) is 35.8 Å². The molecule has 0 unspecified atom stereocenters. The molecule has 11 heteroatoms. The van der Waals surface area contributed by atoms with Gasteiger partial charge in [-0.2, -0.15) is 5.10 Å². The van der Waals surface area contributed by atoms with Crippen molar-refractivity contribution in [2.45, 2.75) is 0 Å². The van der Waals surface area contributed by atoms with Gasteiger partial charge in [0, 0.05) is 23.8 Å². The quantitative estimate of drug-likeness (QED) is 0.484. The van der Waals surface area contributed by atoms with Crippen molar-refractivity contribution in [1.82, 2.24) is 0 Å². The Morgan fingerprint density at radius 3 is 2.17 bits per heavy atom. The van der Waals surface area contributed by atoms with Crippen molar-refractivity contribution >= 4 is 29.0 Å². The third-order valence-electron chi connectivity index (χ3n) is 2.87. The molecular weight excluding hydrogens is 322 g/mol. The molecule has 0 aliphatic carbocycles. The number of nitro groups is 3. The molecule has 0 heterocycles. The van der Waals surface area contributed by atoms with E-state index < -0.39 is 26.1 Å². The molecule has 0 bridgehead atoms. The number of hydrogen-bond donors (Lipinski definition) is 1. The summed E-state index contributed by atoms with van der Waals surface area (Å²) in [6.45, 7) is 0. The highest BCUT2D eigenvalue weighted by Crippen LogP contribution is 2.28. The van der Waals surface area contributed by atoms with Gasteiger partial charge in [-0.05, 0) is 6.07 Å². The van der Waals surface area contributed by atoms with Crippen LogP contribution in [-0.4, -0.2) is 21.0 Å². The van der Waals surface area contributed by atoms with Crippen LogP contribution in [0, 0.1) is 30.3 Å². The summed E-state index contributed by atoms with van der Waals surface area (Å²) in [7, 11) is 0. The van der Waals surface area contributed by atoms with E-state index in [0.29, 0.717) is 5.56 Å². The van der Waals surface area contributed by atoms with E-state index in [-0.39, 0.29) is 11.4 Å². The molecule has 0 aliphatic rings. The van der Waals surface area contributed by atoms with Gasteiger partial charge in [-0.15, -0.1) is 0 Å². The minimum atomic E-state index is -0.780. The Balaban J connectivity index is 2.22. The number of hydrogen-bond acceptors (Lipinski definition) is 8. The van der Waals surface area contributed by atoms with Crippen LogP contribution >= 0.6 is 0 Å². The third kappa shape index (κ3) is 3.85. The second-order valence-electron chi connectivity index (χ2n) is 4.44. The molecule has 0 radical (unpaired) electrons. The Hall–Kier alpha value is -3.89. The van der Waals surface area contributed by atoms with Crippen molar-refractivity contribution in [3.05, 3.63) is 78.4 Å². The zero-order valence-electron chi connectivity index (χ0n) is 11.9. The van der Waals surface area contributed by atoms with Crippen LogP contribution in [0.5, 0.6) is 0 Å². The first kappa shape index (κ1) is 16.5. The summed E-state index contributed by atoms with van der Waals surface area (Å²) in [6.07, 6.45) is 1.23. The van der Waals surface area contributed by atoms with Gasteiger partial charge in [0.2, 0.25) is 0 Å². The molecule has 11 nitrogen and oxygen atoms in total. The van der Waals surface area contributed by atoms with E-state index in [4.69, 9.17) is 0 Å². The molecule has 0 aromatic heterocycles. The molecule has 0 saturated heterocycles. The zero-order valence-corrected chi connectivity index (χ0v) is 11.9. The largest absolute Gasteiger partial charge is 0.301 e. The van der Waals surface area contributed by atoms with Crippen molar-refractivity contribution in [1.29, 1.82) is 0 Å². The number of benzene rings is 2. The molecule has 0 aliphatic heterocycles. The first-order chi connectivity index (χ1) is 11.4. The maximum Gasteiger partial charge on any atom is 0.301 e.